The van der Waals surface area contributed by atoms with Crippen LogP contribution in [0.1, 0.15) is 5.56 Å². The highest BCUT2D eigenvalue weighted by atomic mass is 79.9. The number of ether oxygens (including phenoxy) is 1. The monoisotopic (exact) mass is 417 g/mol. The zero-order chi connectivity index (χ0) is 17.5. The van der Waals surface area contributed by atoms with E-state index in [9.17, 15) is 18.0 Å². The van der Waals surface area contributed by atoms with Gasteiger partial charge in [0.2, 0.25) is 5.91 Å². The molecule has 2 amide bonds. The molecule has 1 aromatic rings. The van der Waals surface area contributed by atoms with E-state index in [1.165, 1.54) is 4.90 Å². The molecule has 2 aliphatic heterocycles. The van der Waals surface area contributed by atoms with Crippen LogP contribution >= 0.6 is 15.9 Å². The Balaban J connectivity index is 1.69. The normalized spacial score (nSPS) is 22.8. The third-order valence-electron chi connectivity index (χ3n) is 4.10. The van der Waals surface area contributed by atoms with E-state index >= 15 is 0 Å². The zero-order valence-corrected chi connectivity index (χ0v) is 15.3. The molecule has 0 aliphatic carbocycles. The lowest BCUT2D eigenvalue weighted by atomic mass is 10.1. The molecule has 2 saturated heterocycles. The molecular weight excluding hydrogens is 402 g/mol. The number of piperazine rings is 1. The molecule has 2 aliphatic rings. The summed E-state index contributed by atoms with van der Waals surface area (Å²) in [6.07, 6.45) is 0.170. The number of benzene rings is 1. The van der Waals surface area contributed by atoms with Crippen LogP contribution in [0, 0.1) is 0 Å². The number of nitrogens with one attached hydrogen (secondary N) is 1. The van der Waals surface area contributed by atoms with Gasteiger partial charge in [-0.25, -0.2) is 4.72 Å². The number of amides is 2. The average molecular weight is 418 g/mol. The van der Waals surface area contributed by atoms with E-state index in [0.29, 0.717) is 5.75 Å². The molecule has 10 heteroatoms. The van der Waals surface area contributed by atoms with Crippen molar-refractivity contribution >= 4 is 38.0 Å². The summed E-state index contributed by atoms with van der Waals surface area (Å²) in [6, 6.07) is 4.53. The molecule has 1 unspecified atom stereocenters. The standard InChI is InChI=1S/C14H16BrN3O5S/c1-23-12-3-2-9(6-10(12)15)7-13(19)17-4-5-18-11(8-17)14(20)16-24(18,21)22/h2-3,6,11H,4-5,7-8H2,1H3,(H,16,20). The van der Waals surface area contributed by atoms with Gasteiger partial charge < -0.3 is 9.64 Å². The Morgan fingerprint density at radius 1 is 1.42 bits per heavy atom. The van der Waals surface area contributed by atoms with E-state index < -0.39 is 22.2 Å². The van der Waals surface area contributed by atoms with E-state index in [0.717, 1.165) is 14.3 Å². The molecule has 130 valence electrons. The van der Waals surface area contributed by atoms with Crippen LogP contribution in [0.3, 0.4) is 0 Å². The Kier molecular flexibility index (Phi) is 4.54. The molecule has 0 radical (unpaired) electrons. The van der Waals surface area contributed by atoms with Crippen molar-refractivity contribution in [3.05, 3.63) is 28.2 Å². The van der Waals surface area contributed by atoms with Crippen molar-refractivity contribution in [1.82, 2.24) is 13.9 Å². The maximum atomic E-state index is 12.5. The summed E-state index contributed by atoms with van der Waals surface area (Å²) in [5.41, 5.74) is 0.804. The van der Waals surface area contributed by atoms with Gasteiger partial charge in [-0.15, -0.1) is 0 Å². The average Bonchev–Trinajstić information content (AvgIpc) is 2.76. The van der Waals surface area contributed by atoms with Crippen molar-refractivity contribution in [3.63, 3.8) is 0 Å². The van der Waals surface area contributed by atoms with Gasteiger partial charge in [0, 0.05) is 19.6 Å². The fourth-order valence-electron chi connectivity index (χ4n) is 2.85. The summed E-state index contributed by atoms with van der Waals surface area (Å²) in [5, 5.41) is 0. The van der Waals surface area contributed by atoms with Crippen molar-refractivity contribution in [2.45, 2.75) is 12.5 Å². The van der Waals surface area contributed by atoms with Gasteiger partial charge in [-0.05, 0) is 33.6 Å². The molecule has 0 saturated carbocycles. The highest BCUT2D eigenvalue weighted by Crippen LogP contribution is 2.26. The number of fused-ring (bicyclic) bond motifs is 1. The third-order valence-corrected chi connectivity index (χ3v) is 6.23. The number of nitrogens with zero attached hydrogens (tertiary/aromatic N) is 2. The van der Waals surface area contributed by atoms with Crippen molar-refractivity contribution in [1.29, 1.82) is 0 Å². The van der Waals surface area contributed by atoms with Crippen molar-refractivity contribution in [2.75, 3.05) is 26.7 Å². The number of rotatable bonds is 3. The van der Waals surface area contributed by atoms with Crippen LogP contribution in [0.4, 0.5) is 0 Å². The summed E-state index contributed by atoms with van der Waals surface area (Å²) < 4.78 is 32.5. The van der Waals surface area contributed by atoms with Crippen LogP contribution in [0.5, 0.6) is 5.75 Å². The van der Waals surface area contributed by atoms with E-state index in [4.69, 9.17) is 4.74 Å². The van der Waals surface area contributed by atoms with Gasteiger partial charge >= 0.3 is 10.2 Å². The van der Waals surface area contributed by atoms with Gasteiger partial charge in [0.25, 0.3) is 5.91 Å². The van der Waals surface area contributed by atoms with Crippen LogP contribution in [-0.4, -0.2) is 62.2 Å². The number of hydrogen-bond donors (Lipinski definition) is 1. The largest absolute Gasteiger partial charge is 0.496 e. The lowest BCUT2D eigenvalue weighted by Gasteiger charge is -2.34. The molecule has 8 nitrogen and oxygen atoms in total. The molecule has 1 aromatic carbocycles. The number of halogens is 1. The number of carbonyl (C=O) groups excluding carboxylic acids is 2. The molecule has 0 aromatic heterocycles. The van der Waals surface area contributed by atoms with E-state index in [-0.39, 0.29) is 32.0 Å². The molecule has 0 bridgehead atoms. The molecule has 2 fully saturated rings. The first kappa shape index (κ1) is 17.2. The van der Waals surface area contributed by atoms with Gasteiger partial charge in [0.05, 0.1) is 18.0 Å². The summed E-state index contributed by atoms with van der Waals surface area (Å²) in [5.74, 6) is -0.0591. The fourth-order valence-corrected chi connectivity index (χ4v) is 4.77. The van der Waals surface area contributed by atoms with Crippen LogP contribution in [0.25, 0.3) is 0 Å². The highest BCUT2D eigenvalue weighted by molar-refractivity contribution is 9.10. The second kappa shape index (κ2) is 6.34. The minimum absolute atomic E-state index is 0.0707. The van der Waals surface area contributed by atoms with Crippen molar-refractivity contribution in [2.24, 2.45) is 0 Å². The summed E-state index contributed by atoms with van der Waals surface area (Å²) in [4.78, 5) is 25.8. The zero-order valence-electron chi connectivity index (χ0n) is 12.9. The van der Waals surface area contributed by atoms with Crippen LogP contribution in [0.2, 0.25) is 0 Å². The minimum Gasteiger partial charge on any atom is -0.496 e. The third kappa shape index (κ3) is 3.13. The molecular formula is C14H16BrN3O5S. The number of hydrogen-bond acceptors (Lipinski definition) is 5. The van der Waals surface area contributed by atoms with Gasteiger partial charge in [0.1, 0.15) is 11.8 Å². The topological polar surface area (TPSA) is 96.0 Å². The van der Waals surface area contributed by atoms with Gasteiger partial charge in [-0.3, -0.25) is 9.59 Å². The maximum Gasteiger partial charge on any atom is 0.304 e. The van der Waals surface area contributed by atoms with E-state index in [1.807, 2.05) is 4.72 Å². The van der Waals surface area contributed by atoms with Gasteiger partial charge in [0.15, 0.2) is 0 Å². The van der Waals surface area contributed by atoms with Gasteiger partial charge in [-0.2, -0.15) is 12.7 Å². The summed E-state index contributed by atoms with van der Waals surface area (Å²) in [6.45, 7) is 0.450. The lowest BCUT2D eigenvalue weighted by molar-refractivity contribution is -0.134. The molecule has 1 atom stereocenters. The van der Waals surface area contributed by atoms with Crippen molar-refractivity contribution in [3.8, 4) is 5.75 Å². The Morgan fingerprint density at radius 2 is 2.17 bits per heavy atom. The van der Waals surface area contributed by atoms with Gasteiger partial charge in [-0.1, -0.05) is 6.07 Å². The first-order valence-corrected chi connectivity index (χ1v) is 9.49. The predicted molar refractivity (Wildman–Crippen MR) is 88.5 cm³/mol. The quantitative estimate of drug-likeness (QED) is 0.739. The van der Waals surface area contributed by atoms with E-state index in [2.05, 4.69) is 15.9 Å². The smallest absolute Gasteiger partial charge is 0.304 e. The number of carbonyl (C=O) groups is 2. The first-order valence-electron chi connectivity index (χ1n) is 7.25. The van der Waals surface area contributed by atoms with Crippen LogP contribution in [0.15, 0.2) is 22.7 Å². The Bertz CT molecular complexity index is 798. The second-order valence-corrected chi connectivity index (χ2v) is 8.06. The highest BCUT2D eigenvalue weighted by Gasteiger charge is 2.47. The molecule has 3 rings (SSSR count). The molecule has 0 spiro atoms. The van der Waals surface area contributed by atoms with E-state index in [1.54, 1.807) is 25.3 Å². The second-order valence-electron chi connectivity index (χ2n) is 5.58. The Morgan fingerprint density at radius 3 is 2.83 bits per heavy atom. The predicted octanol–water partition coefficient (Wildman–Crippen LogP) is -0.112. The molecule has 2 heterocycles. The first-order chi connectivity index (χ1) is 11.3. The summed E-state index contributed by atoms with van der Waals surface area (Å²) in [7, 11) is -2.18. The summed E-state index contributed by atoms with van der Waals surface area (Å²) >= 11 is 3.37. The molecule has 1 N–H and O–H groups in total. The Labute approximate surface area is 148 Å². The van der Waals surface area contributed by atoms with Crippen LogP contribution in [-0.2, 0) is 26.2 Å². The SMILES string of the molecule is COc1ccc(CC(=O)N2CCN3C(C2)C(=O)NS3(=O)=O)cc1Br. The Hall–Kier alpha value is -1.65. The number of methoxy groups -OCH3 is 1. The fraction of sp³-hybridized carbons (Fsp3) is 0.429. The minimum atomic E-state index is -3.74. The maximum absolute atomic E-state index is 12.5. The van der Waals surface area contributed by atoms with Crippen LogP contribution < -0.4 is 9.46 Å². The lowest BCUT2D eigenvalue weighted by Crippen LogP contribution is -2.55. The van der Waals surface area contributed by atoms with Crippen molar-refractivity contribution < 1.29 is 22.7 Å². The molecule has 24 heavy (non-hydrogen) atoms.